The second kappa shape index (κ2) is 5.05. The molecule has 0 amide bonds. The Bertz CT molecular complexity index is 483. The average Bonchev–Trinajstić information content (AvgIpc) is 2.22. The van der Waals surface area contributed by atoms with Crippen LogP contribution in [0.2, 0.25) is 0 Å². The Balaban J connectivity index is 2.14. The lowest BCUT2D eigenvalue weighted by atomic mass is 9.75. The predicted octanol–water partition coefficient (Wildman–Crippen LogP) is 2.08. The van der Waals surface area contributed by atoms with Crippen LogP contribution in [0.4, 0.5) is 0 Å². The van der Waals surface area contributed by atoms with Gasteiger partial charge >= 0.3 is 0 Å². The summed E-state index contributed by atoms with van der Waals surface area (Å²) in [5.74, 6) is 0. The van der Waals surface area contributed by atoms with E-state index in [2.05, 4.69) is 23.8 Å². The van der Waals surface area contributed by atoms with Crippen LogP contribution in [0.3, 0.4) is 0 Å². The topological polar surface area (TPSA) is 71.8 Å². The van der Waals surface area contributed by atoms with Gasteiger partial charge in [0.1, 0.15) is 0 Å². The van der Waals surface area contributed by atoms with Crippen molar-refractivity contribution in [2.45, 2.75) is 56.5 Å². The van der Waals surface area contributed by atoms with Crippen LogP contribution in [-0.2, 0) is 0 Å². The predicted molar refractivity (Wildman–Crippen MR) is 74.8 cm³/mol. The fraction of sp³-hybridized carbons (Fsp3) is 0.692. The van der Waals surface area contributed by atoms with Crippen LogP contribution in [0, 0.1) is 12.3 Å². The van der Waals surface area contributed by atoms with E-state index in [0.717, 1.165) is 18.5 Å². The Morgan fingerprint density at radius 2 is 2.28 bits per heavy atom. The molecule has 3 N–H and O–H groups in total. The summed E-state index contributed by atoms with van der Waals surface area (Å²) in [6.45, 7) is 6.39. The Labute approximate surface area is 112 Å². The van der Waals surface area contributed by atoms with Crippen LogP contribution < -0.4 is 11.3 Å². The molecule has 2 atom stereocenters. The number of thioether (sulfide) groups is 1. The number of aromatic nitrogens is 2. The number of nitrogens with two attached hydrogens (primary N) is 1. The van der Waals surface area contributed by atoms with Crippen LogP contribution in [0.15, 0.2) is 16.0 Å². The van der Waals surface area contributed by atoms with Gasteiger partial charge in [-0.15, -0.1) is 0 Å². The summed E-state index contributed by atoms with van der Waals surface area (Å²) in [4.78, 5) is 18.6. The van der Waals surface area contributed by atoms with Crippen LogP contribution in [0.25, 0.3) is 0 Å². The highest BCUT2D eigenvalue weighted by molar-refractivity contribution is 7.99. The van der Waals surface area contributed by atoms with Crippen LogP contribution in [-0.4, -0.2) is 21.3 Å². The number of hydrogen-bond donors (Lipinski definition) is 2. The number of nitrogens with zero attached hydrogens (tertiary/aromatic N) is 1. The van der Waals surface area contributed by atoms with Crippen molar-refractivity contribution in [1.29, 1.82) is 0 Å². The molecule has 5 heteroatoms. The Kier molecular flexibility index (Phi) is 3.82. The third-order valence-electron chi connectivity index (χ3n) is 3.50. The van der Waals surface area contributed by atoms with E-state index in [1.165, 1.54) is 12.5 Å². The van der Waals surface area contributed by atoms with Crippen molar-refractivity contribution in [2.75, 3.05) is 0 Å². The second-order valence-electron chi connectivity index (χ2n) is 5.92. The molecule has 0 radical (unpaired) electrons. The lowest BCUT2D eigenvalue weighted by Crippen LogP contribution is -2.41. The summed E-state index contributed by atoms with van der Waals surface area (Å²) in [6, 6.07) is 1.70. The van der Waals surface area contributed by atoms with Gasteiger partial charge in [0.2, 0.25) is 0 Å². The number of nitrogens with one attached hydrogen (secondary N) is 1. The van der Waals surface area contributed by atoms with E-state index in [9.17, 15) is 4.79 Å². The Morgan fingerprint density at radius 1 is 1.56 bits per heavy atom. The van der Waals surface area contributed by atoms with E-state index in [1.54, 1.807) is 11.8 Å². The van der Waals surface area contributed by atoms with E-state index >= 15 is 0 Å². The van der Waals surface area contributed by atoms with Gasteiger partial charge in [-0.3, -0.25) is 4.79 Å². The van der Waals surface area contributed by atoms with Crippen molar-refractivity contribution in [3.05, 3.63) is 22.1 Å². The molecule has 1 heterocycles. The first-order chi connectivity index (χ1) is 8.35. The highest BCUT2D eigenvalue weighted by Crippen LogP contribution is 2.41. The van der Waals surface area contributed by atoms with Gasteiger partial charge in [-0.1, -0.05) is 25.6 Å². The van der Waals surface area contributed by atoms with Crippen molar-refractivity contribution < 1.29 is 0 Å². The lowest BCUT2D eigenvalue weighted by molar-refractivity contribution is 0.232. The van der Waals surface area contributed by atoms with E-state index < -0.39 is 0 Å². The quantitative estimate of drug-likeness (QED) is 0.805. The molecular formula is C13H21N3OS. The smallest absolute Gasteiger partial charge is 0.251 e. The number of rotatable bonds is 2. The molecular weight excluding hydrogens is 246 g/mol. The first kappa shape index (κ1) is 13.6. The molecule has 2 unspecified atom stereocenters. The van der Waals surface area contributed by atoms with Gasteiger partial charge in [0.15, 0.2) is 5.16 Å². The molecule has 18 heavy (non-hydrogen) atoms. The first-order valence-corrected chi connectivity index (χ1v) is 7.24. The third-order valence-corrected chi connectivity index (χ3v) is 4.73. The highest BCUT2D eigenvalue weighted by atomic mass is 32.2. The van der Waals surface area contributed by atoms with Crippen molar-refractivity contribution in [2.24, 2.45) is 11.1 Å². The van der Waals surface area contributed by atoms with Gasteiger partial charge in [0.05, 0.1) is 0 Å². The second-order valence-corrected chi connectivity index (χ2v) is 7.15. The molecule has 1 aliphatic rings. The maximum Gasteiger partial charge on any atom is 0.251 e. The zero-order valence-corrected chi connectivity index (χ0v) is 12.0. The minimum atomic E-state index is -0.0892. The molecule has 4 nitrogen and oxygen atoms in total. The maximum atomic E-state index is 11.4. The summed E-state index contributed by atoms with van der Waals surface area (Å²) in [5, 5.41) is 1.02. The minimum Gasteiger partial charge on any atom is -0.327 e. The van der Waals surface area contributed by atoms with E-state index in [1.807, 2.05) is 6.92 Å². The van der Waals surface area contributed by atoms with Crippen molar-refractivity contribution >= 4 is 11.8 Å². The molecule has 0 spiro atoms. The monoisotopic (exact) mass is 267 g/mol. The van der Waals surface area contributed by atoms with Crippen molar-refractivity contribution in [3.63, 3.8) is 0 Å². The van der Waals surface area contributed by atoms with Crippen LogP contribution >= 0.6 is 11.8 Å². The first-order valence-electron chi connectivity index (χ1n) is 6.36. The molecule has 1 aromatic rings. The van der Waals surface area contributed by atoms with Crippen LogP contribution in [0.5, 0.6) is 0 Å². The number of H-pyrrole nitrogens is 1. The van der Waals surface area contributed by atoms with Gasteiger partial charge in [0, 0.05) is 23.1 Å². The molecule has 2 rings (SSSR count). The fourth-order valence-electron chi connectivity index (χ4n) is 2.42. The molecule has 1 aliphatic carbocycles. The molecule has 1 aromatic heterocycles. The Morgan fingerprint density at radius 3 is 2.94 bits per heavy atom. The molecule has 0 saturated heterocycles. The lowest BCUT2D eigenvalue weighted by Gasteiger charge is -2.38. The maximum absolute atomic E-state index is 11.4. The highest BCUT2D eigenvalue weighted by Gasteiger charge is 2.34. The molecule has 100 valence electrons. The number of aromatic amines is 1. The summed E-state index contributed by atoms with van der Waals surface area (Å²) < 4.78 is 0. The van der Waals surface area contributed by atoms with Crippen molar-refractivity contribution in [1.82, 2.24) is 9.97 Å². The number of hydrogen-bond acceptors (Lipinski definition) is 4. The fourth-order valence-corrected chi connectivity index (χ4v) is 3.91. The van der Waals surface area contributed by atoms with E-state index in [0.29, 0.717) is 15.8 Å². The molecule has 0 aliphatic heterocycles. The normalized spacial score (nSPS) is 27.1. The van der Waals surface area contributed by atoms with E-state index in [-0.39, 0.29) is 11.6 Å². The summed E-state index contributed by atoms with van der Waals surface area (Å²) >= 11 is 1.61. The molecule has 0 aromatic carbocycles. The zero-order valence-electron chi connectivity index (χ0n) is 11.2. The van der Waals surface area contributed by atoms with Gasteiger partial charge in [0.25, 0.3) is 5.56 Å². The summed E-state index contributed by atoms with van der Waals surface area (Å²) in [7, 11) is 0. The number of aryl methyl sites for hydroxylation is 1. The van der Waals surface area contributed by atoms with Gasteiger partial charge < -0.3 is 10.7 Å². The van der Waals surface area contributed by atoms with E-state index in [4.69, 9.17) is 5.73 Å². The van der Waals surface area contributed by atoms with Gasteiger partial charge in [-0.2, -0.15) is 0 Å². The largest absolute Gasteiger partial charge is 0.327 e. The van der Waals surface area contributed by atoms with Gasteiger partial charge in [-0.05, 0) is 31.6 Å². The zero-order chi connectivity index (χ0) is 13.3. The third kappa shape index (κ3) is 3.36. The van der Waals surface area contributed by atoms with Crippen molar-refractivity contribution in [3.8, 4) is 0 Å². The standard InChI is InChI=1S/C13H21N3OS/c1-8-6-11(17)16-12(15-8)18-10-7-13(2,3)5-4-9(10)14/h6,9-10H,4-5,7,14H2,1-3H3,(H,15,16,17). The summed E-state index contributed by atoms with van der Waals surface area (Å²) in [6.07, 6.45) is 3.28. The molecule has 1 fully saturated rings. The SMILES string of the molecule is Cc1cc(=O)[nH]c(SC2CC(C)(C)CCC2N)n1. The Hall–Kier alpha value is -0.810. The van der Waals surface area contributed by atoms with Gasteiger partial charge in [-0.25, -0.2) is 4.98 Å². The molecule has 1 saturated carbocycles. The average molecular weight is 267 g/mol. The molecule has 0 bridgehead atoms. The minimum absolute atomic E-state index is 0.0892. The summed E-state index contributed by atoms with van der Waals surface area (Å²) in [5.41, 5.74) is 7.18. The van der Waals surface area contributed by atoms with Crippen LogP contribution in [0.1, 0.15) is 38.8 Å².